The van der Waals surface area contributed by atoms with E-state index in [-0.39, 0.29) is 39.6 Å². The van der Waals surface area contributed by atoms with Crippen LogP contribution in [0.4, 0.5) is 14.6 Å². The molecule has 0 saturated carbocycles. The molecular weight excluding hydrogens is 516 g/mol. The van der Waals surface area contributed by atoms with E-state index in [0.717, 1.165) is 28.0 Å². The number of halogens is 2. The number of aromatic nitrogens is 4. The molecule has 0 aliphatic rings. The van der Waals surface area contributed by atoms with Gasteiger partial charge in [-0.05, 0) is 37.0 Å². The maximum absolute atomic E-state index is 14.8. The van der Waals surface area contributed by atoms with Crippen LogP contribution >= 0.6 is 0 Å². The third-order valence-electron chi connectivity index (χ3n) is 6.22. The lowest BCUT2D eigenvalue weighted by atomic mass is 9.83. The maximum atomic E-state index is 14.8. The van der Waals surface area contributed by atoms with Crippen molar-refractivity contribution in [2.24, 2.45) is 5.41 Å². The van der Waals surface area contributed by atoms with Crippen molar-refractivity contribution in [2.45, 2.75) is 51.2 Å². The summed E-state index contributed by atoms with van der Waals surface area (Å²) in [7, 11) is -4.12. The van der Waals surface area contributed by atoms with Gasteiger partial charge in [0.2, 0.25) is 0 Å². The van der Waals surface area contributed by atoms with Crippen molar-refractivity contribution >= 4 is 26.9 Å². The topological polar surface area (TPSA) is 130 Å². The Bertz CT molecular complexity index is 1570. The number of rotatable bonds is 8. The molecule has 4 aromatic rings. The number of aryl methyl sites for hydroxylation is 1. The molecule has 0 amide bonds. The zero-order valence-corrected chi connectivity index (χ0v) is 22.2. The van der Waals surface area contributed by atoms with Gasteiger partial charge in [-0.15, -0.1) is 0 Å². The Morgan fingerprint density at radius 2 is 1.79 bits per heavy atom. The average molecular weight is 546 g/mol. The van der Waals surface area contributed by atoms with Crippen molar-refractivity contribution in [3.8, 4) is 11.4 Å². The number of hydrogen-bond acceptors (Lipinski definition) is 8. The molecule has 0 fully saturated rings. The van der Waals surface area contributed by atoms with E-state index in [9.17, 15) is 27.4 Å². The van der Waals surface area contributed by atoms with Gasteiger partial charge < -0.3 is 15.5 Å². The standard InChI is InChI=1S/C26H29F2N5O4S/c1-15-5-7-18(8-6-15)38(36,37)33-13-20(19-9-16(27)11-30-25(19)33)23-29-12-21(28)24(32-23)31-22(26(2,3)4)10-17(35)14-34/h5-9,11-13,17,22,34-35H,10,14H2,1-4H3,(H,29,31,32)/t17?,22-/m1/s1. The van der Waals surface area contributed by atoms with Gasteiger partial charge in [0.15, 0.2) is 23.1 Å². The molecule has 0 aliphatic heterocycles. The number of nitrogens with zero attached hydrogens (tertiary/aromatic N) is 4. The number of hydrogen-bond donors (Lipinski definition) is 3. The largest absolute Gasteiger partial charge is 0.394 e. The molecule has 38 heavy (non-hydrogen) atoms. The highest BCUT2D eigenvalue weighted by atomic mass is 32.2. The van der Waals surface area contributed by atoms with Crippen LogP contribution in [-0.2, 0) is 10.0 Å². The first-order chi connectivity index (χ1) is 17.8. The Labute approximate surface area is 219 Å². The van der Waals surface area contributed by atoms with Gasteiger partial charge in [-0.25, -0.2) is 36.1 Å². The number of aliphatic hydroxyl groups is 2. The van der Waals surface area contributed by atoms with Crippen molar-refractivity contribution < 1.29 is 27.4 Å². The molecular formula is C26H29F2N5O4S. The lowest BCUT2D eigenvalue weighted by Gasteiger charge is -2.33. The number of aliphatic hydroxyl groups excluding tert-OH is 2. The van der Waals surface area contributed by atoms with Gasteiger partial charge in [-0.1, -0.05) is 38.5 Å². The summed E-state index contributed by atoms with van der Waals surface area (Å²) < 4.78 is 56.9. The van der Waals surface area contributed by atoms with E-state index < -0.39 is 45.8 Å². The lowest BCUT2D eigenvalue weighted by Crippen LogP contribution is -2.38. The summed E-state index contributed by atoms with van der Waals surface area (Å²) in [6.45, 7) is 7.02. The molecule has 0 aliphatic carbocycles. The van der Waals surface area contributed by atoms with Crippen LogP contribution < -0.4 is 5.32 Å². The van der Waals surface area contributed by atoms with Gasteiger partial charge in [-0.2, -0.15) is 0 Å². The summed E-state index contributed by atoms with van der Waals surface area (Å²) >= 11 is 0. The first-order valence-electron chi connectivity index (χ1n) is 11.9. The minimum absolute atomic E-state index is 0.00974. The molecule has 3 aromatic heterocycles. The van der Waals surface area contributed by atoms with E-state index in [4.69, 9.17) is 0 Å². The van der Waals surface area contributed by atoms with Crippen molar-refractivity contribution in [1.82, 2.24) is 18.9 Å². The molecule has 4 rings (SSSR count). The number of nitrogens with one attached hydrogen (secondary N) is 1. The Morgan fingerprint density at radius 3 is 2.42 bits per heavy atom. The highest BCUT2D eigenvalue weighted by molar-refractivity contribution is 7.90. The minimum atomic E-state index is -4.12. The zero-order valence-electron chi connectivity index (χ0n) is 21.4. The van der Waals surface area contributed by atoms with Crippen LogP contribution in [-0.4, -0.2) is 56.3 Å². The van der Waals surface area contributed by atoms with Crippen LogP contribution in [0.3, 0.4) is 0 Å². The fourth-order valence-electron chi connectivity index (χ4n) is 3.98. The van der Waals surface area contributed by atoms with Crippen LogP contribution in [0, 0.1) is 24.0 Å². The molecule has 0 saturated heterocycles. The van der Waals surface area contributed by atoms with E-state index in [1.807, 2.05) is 27.7 Å². The molecule has 3 N–H and O–H groups in total. The molecule has 2 atom stereocenters. The quantitative estimate of drug-likeness (QED) is 0.304. The van der Waals surface area contributed by atoms with Gasteiger partial charge >= 0.3 is 0 Å². The fourth-order valence-corrected chi connectivity index (χ4v) is 5.30. The van der Waals surface area contributed by atoms with Crippen molar-refractivity contribution in [3.05, 3.63) is 66.1 Å². The maximum Gasteiger partial charge on any atom is 0.269 e. The van der Waals surface area contributed by atoms with Crippen molar-refractivity contribution in [1.29, 1.82) is 0 Å². The Balaban J connectivity index is 1.84. The molecule has 202 valence electrons. The second-order valence-electron chi connectivity index (χ2n) is 10.2. The third-order valence-corrected chi connectivity index (χ3v) is 7.88. The molecule has 1 unspecified atom stereocenters. The van der Waals surface area contributed by atoms with E-state index in [1.165, 1.54) is 18.3 Å². The Hall–Kier alpha value is -3.48. The second-order valence-corrected chi connectivity index (χ2v) is 12.0. The van der Waals surface area contributed by atoms with Gasteiger partial charge in [0.25, 0.3) is 10.0 Å². The second kappa shape index (κ2) is 10.4. The van der Waals surface area contributed by atoms with Gasteiger partial charge in [0.05, 0.1) is 30.0 Å². The van der Waals surface area contributed by atoms with Crippen molar-refractivity contribution in [2.75, 3.05) is 11.9 Å². The smallest absolute Gasteiger partial charge is 0.269 e. The lowest BCUT2D eigenvalue weighted by molar-refractivity contribution is 0.0735. The van der Waals surface area contributed by atoms with E-state index in [1.54, 1.807) is 12.1 Å². The number of benzene rings is 1. The summed E-state index contributed by atoms with van der Waals surface area (Å²) in [4.78, 5) is 12.4. The van der Waals surface area contributed by atoms with E-state index >= 15 is 0 Å². The SMILES string of the molecule is Cc1ccc(S(=O)(=O)n2cc(-c3ncc(F)c(N[C@H](CC(O)CO)C(C)(C)C)n3)c3cc(F)cnc32)cc1. The summed E-state index contributed by atoms with van der Waals surface area (Å²) in [6.07, 6.45) is 2.15. The Kier molecular flexibility index (Phi) is 7.51. The molecule has 1 aromatic carbocycles. The van der Waals surface area contributed by atoms with Gasteiger partial charge in [-0.3, -0.25) is 0 Å². The zero-order chi connectivity index (χ0) is 27.8. The van der Waals surface area contributed by atoms with Crippen LogP contribution in [0.25, 0.3) is 22.4 Å². The van der Waals surface area contributed by atoms with Gasteiger partial charge in [0, 0.05) is 23.2 Å². The monoisotopic (exact) mass is 545 g/mol. The summed E-state index contributed by atoms with van der Waals surface area (Å²) in [5, 5.41) is 22.4. The highest BCUT2D eigenvalue weighted by Gasteiger charge is 2.29. The number of pyridine rings is 1. The van der Waals surface area contributed by atoms with Crippen LogP contribution in [0.5, 0.6) is 0 Å². The third kappa shape index (κ3) is 5.52. The van der Waals surface area contributed by atoms with Crippen LogP contribution in [0.15, 0.2) is 53.8 Å². The predicted molar refractivity (Wildman–Crippen MR) is 139 cm³/mol. The number of fused-ring (bicyclic) bond motifs is 1. The molecule has 0 radical (unpaired) electrons. The first kappa shape index (κ1) is 27.6. The van der Waals surface area contributed by atoms with Gasteiger partial charge in [0.1, 0.15) is 5.82 Å². The summed E-state index contributed by atoms with van der Waals surface area (Å²) in [5.41, 5.74) is 0.511. The average Bonchev–Trinajstić information content (AvgIpc) is 3.24. The highest BCUT2D eigenvalue weighted by Crippen LogP contribution is 2.33. The molecule has 3 heterocycles. The summed E-state index contributed by atoms with van der Waals surface area (Å²) in [6, 6.07) is 6.87. The predicted octanol–water partition coefficient (Wildman–Crippen LogP) is 3.89. The van der Waals surface area contributed by atoms with E-state index in [0.29, 0.717) is 0 Å². The van der Waals surface area contributed by atoms with Crippen LogP contribution in [0.1, 0.15) is 32.8 Å². The Morgan fingerprint density at radius 1 is 1.11 bits per heavy atom. The molecule has 0 bridgehead atoms. The fraction of sp³-hybridized carbons (Fsp3) is 0.346. The van der Waals surface area contributed by atoms with Crippen molar-refractivity contribution in [3.63, 3.8) is 0 Å². The molecule has 0 spiro atoms. The summed E-state index contributed by atoms with van der Waals surface area (Å²) in [5.74, 6) is -1.72. The molecule has 12 heteroatoms. The van der Waals surface area contributed by atoms with Crippen LogP contribution in [0.2, 0.25) is 0 Å². The van der Waals surface area contributed by atoms with E-state index in [2.05, 4.69) is 20.3 Å². The molecule has 9 nitrogen and oxygen atoms in total. The minimum Gasteiger partial charge on any atom is -0.394 e. The normalized spacial score (nSPS) is 14.0. The number of anilines is 1. The first-order valence-corrected chi connectivity index (χ1v) is 13.3.